The average molecular weight is 401 g/mol. The summed E-state index contributed by atoms with van der Waals surface area (Å²) in [7, 11) is 0. The molecule has 25 heavy (non-hydrogen) atoms. The maximum atomic E-state index is 12.3. The van der Waals surface area contributed by atoms with Crippen LogP contribution in [0.1, 0.15) is 28.4 Å². The topological polar surface area (TPSA) is 56.5 Å². The molecule has 2 aromatic carbocycles. The van der Waals surface area contributed by atoms with Crippen molar-refractivity contribution in [1.29, 1.82) is 0 Å². The molecule has 0 saturated heterocycles. The number of aryl methyl sites for hydroxylation is 2. The van der Waals surface area contributed by atoms with E-state index in [1.54, 1.807) is 12.1 Å². The Morgan fingerprint density at radius 3 is 2.56 bits per heavy atom. The van der Waals surface area contributed by atoms with Crippen LogP contribution in [0.15, 0.2) is 56.1 Å². The Morgan fingerprint density at radius 1 is 1.16 bits per heavy atom. The van der Waals surface area contributed by atoms with Crippen LogP contribution in [-0.4, -0.2) is 12.4 Å². The van der Waals surface area contributed by atoms with Crippen molar-refractivity contribution in [2.24, 2.45) is 0 Å². The summed E-state index contributed by atoms with van der Waals surface area (Å²) in [6.45, 7) is 3.79. The minimum absolute atomic E-state index is 0.0457. The van der Waals surface area contributed by atoms with Gasteiger partial charge < -0.3 is 9.15 Å². The van der Waals surface area contributed by atoms with Gasteiger partial charge >= 0.3 is 5.63 Å². The van der Waals surface area contributed by atoms with E-state index in [0.717, 1.165) is 21.0 Å². The van der Waals surface area contributed by atoms with Crippen molar-refractivity contribution in [3.8, 4) is 5.75 Å². The Kier molecular flexibility index (Phi) is 5.04. The number of benzene rings is 2. The number of ketones is 1. The summed E-state index contributed by atoms with van der Waals surface area (Å²) < 4.78 is 12.0. The zero-order chi connectivity index (χ0) is 18.0. The highest BCUT2D eigenvalue weighted by atomic mass is 79.9. The normalized spacial score (nSPS) is 10.8. The van der Waals surface area contributed by atoms with Gasteiger partial charge in [0.25, 0.3) is 0 Å². The fourth-order valence-corrected chi connectivity index (χ4v) is 2.92. The largest absolute Gasteiger partial charge is 0.485 e. The lowest BCUT2D eigenvalue weighted by atomic mass is 10.1. The molecule has 4 nitrogen and oxygen atoms in total. The van der Waals surface area contributed by atoms with Crippen molar-refractivity contribution < 1.29 is 13.9 Å². The number of carbonyl (C=O) groups is 1. The molecule has 0 bridgehead atoms. The van der Waals surface area contributed by atoms with Crippen molar-refractivity contribution in [3.63, 3.8) is 0 Å². The molecule has 0 fully saturated rings. The SMILES string of the molecule is CCc1cc2oc(=O)cc(C)c2cc1OCC(=O)c1ccc(Br)cc1. The Morgan fingerprint density at radius 2 is 1.88 bits per heavy atom. The van der Waals surface area contributed by atoms with E-state index < -0.39 is 0 Å². The minimum atomic E-state index is -0.369. The molecule has 0 amide bonds. The number of fused-ring (bicyclic) bond motifs is 1. The van der Waals surface area contributed by atoms with E-state index >= 15 is 0 Å². The monoisotopic (exact) mass is 400 g/mol. The van der Waals surface area contributed by atoms with Crippen molar-refractivity contribution >= 4 is 32.7 Å². The van der Waals surface area contributed by atoms with E-state index in [9.17, 15) is 9.59 Å². The molecular formula is C20H17BrO4. The van der Waals surface area contributed by atoms with Crippen molar-refractivity contribution in [2.45, 2.75) is 20.3 Å². The molecule has 128 valence electrons. The number of halogens is 1. The first-order chi connectivity index (χ1) is 12.0. The number of hydrogen-bond donors (Lipinski definition) is 0. The van der Waals surface area contributed by atoms with Gasteiger partial charge in [-0.15, -0.1) is 0 Å². The summed E-state index contributed by atoms with van der Waals surface area (Å²) in [5.41, 5.74) is 2.48. The van der Waals surface area contributed by atoms with Gasteiger partial charge in [-0.1, -0.05) is 35.0 Å². The second-order valence-corrected chi connectivity index (χ2v) is 6.69. The number of hydrogen-bond acceptors (Lipinski definition) is 4. The molecule has 1 heterocycles. The van der Waals surface area contributed by atoms with E-state index in [0.29, 0.717) is 23.3 Å². The number of carbonyl (C=O) groups excluding carboxylic acids is 1. The van der Waals surface area contributed by atoms with Crippen LogP contribution in [0.25, 0.3) is 11.0 Å². The van der Waals surface area contributed by atoms with Crippen LogP contribution < -0.4 is 10.4 Å². The average Bonchev–Trinajstić information content (AvgIpc) is 2.59. The predicted octanol–water partition coefficient (Wildman–Crippen LogP) is 4.69. The van der Waals surface area contributed by atoms with Crippen LogP contribution in [0.3, 0.4) is 0 Å². The minimum Gasteiger partial charge on any atom is -0.485 e. The van der Waals surface area contributed by atoms with Crippen LogP contribution in [0, 0.1) is 6.92 Å². The zero-order valence-corrected chi connectivity index (χ0v) is 15.6. The van der Waals surface area contributed by atoms with E-state index in [1.165, 1.54) is 6.07 Å². The van der Waals surface area contributed by atoms with Crippen LogP contribution in [0.4, 0.5) is 0 Å². The smallest absolute Gasteiger partial charge is 0.336 e. The van der Waals surface area contributed by atoms with Crippen molar-refractivity contribution in [3.05, 3.63) is 74.0 Å². The third-order valence-corrected chi connectivity index (χ3v) is 4.57. The van der Waals surface area contributed by atoms with Gasteiger partial charge in [0, 0.05) is 21.5 Å². The second kappa shape index (κ2) is 7.23. The first kappa shape index (κ1) is 17.4. The molecule has 0 saturated carbocycles. The van der Waals surface area contributed by atoms with Gasteiger partial charge in [0.2, 0.25) is 0 Å². The Bertz CT molecular complexity index is 987. The number of Topliss-reactive ketones (excluding diaryl/α,β-unsaturated/α-hetero) is 1. The van der Waals surface area contributed by atoms with Gasteiger partial charge in [0.1, 0.15) is 11.3 Å². The first-order valence-corrected chi connectivity index (χ1v) is 8.76. The van der Waals surface area contributed by atoms with Crippen LogP contribution in [-0.2, 0) is 6.42 Å². The molecule has 3 aromatic rings. The Labute approximate surface area is 153 Å². The molecule has 0 unspecified atom stereocenters. The van der Waals surface area contributed by atoms with Crippen molar-refractivity contribution in [1.82, 2.24) is 0 Å². The molecule has 3 rings (SSSR count). The van der Waals surface area contributed by atoms with Gasteiger partial charge in [-0.05, 0) is 48.7 Å². The molecule has 0 spiro atoms. The Balaban J connectivity index is 1.88. The first-order valence-electron chi connectivity index (χ1n) is 7.97. The van der Waals surface area contributed by atoms with Crippen LogP contribution >= 0.6 is 15.9 Å². The highest BCUT2D eigenvalue weighted by Crippen LogP contribution is 2.28. The lowest BCUT2D eigenvalue weighted by Gasteiger charge is -2.12. The zero-order valence-electron chi connectivity index (χ0n) is 14.0. The van der Waals surface area contributed by atoms with E-state index in [1.807, 2.05) is 38.1 Å². The summed E-state index contributed by atoms with van der Waals surface area (Å²) in [5, 5.41) is 0.808. The second-order valence-electron chi connectivity index (χ2n) is 5.78. The van der Waals surface area contributed by atoms with Crippen molar-refractivity contribution in [2.75, 3.05) is 6.61 Å². The Hall–Kier alpha value is -2.40. The third kappa shape index (κ3) is 3.82. The molecule has 5 heteroatoms. The molecule has 0 radical (unpaired) electrons. The summed E-state index contributed by atoms with van der Waals surface area (Å²) in [6, 6.07) is 12.3. The number of ether oxygens (including phenoxy) is 1. The summed E-state index contributed by atoms with van der Waals surface area (Å²) in [4.78, 5) is 23.8. The summed E-state index contributed by atoms with van der Waals surface area (Å²) in [5.74, 6) is 0.545. The molecule has 0 aliphatic carbocycles. The maximum Gasteiger partial charge on any atom is 0.336 e. The van der Waals surface area contributed by atoms with Gasteiger partial charge in [-0.3, -0.25) is 4.79 Å². The van der Waals surface area contributed by atoms with Gasteiger partial charge in [-0.2, -0.15) is 0 Å². The standard InChI is InChI=1S/C20H17BrO4/c1-3-13-9-19-16(12(2)8-20(23)25-19)10-18(13)24-11-17(22)14-4-6-15(21)7-5-14/h4-10H,3,11H2,1-2H3. The van der Waals surface area contributed by atoms with Gasteiger partial charge in [-0.25, -0.2) is 4.79 Å². The predicted molar refractivity (Wildman–Crippen MR) is 101 cm³/mol. The lowest BCUT2D eigenvalue weighted by molar-refractivity contribution is 0.0921. The van der Waals surface area contributed by atoms with Crippen LogP contribution in [0.2, 0.25) is 0 Å². The van der Waals surface area contributed by atoms with E-state index in [-0.39, 0.29) is 18.0 Å². The van der Waals surface area contributed by atoms with Gasteiger partial charge in [0.05, 0.1) is 0 Å². The summed E-state index contributed by atoms with van der Waals surface area (Å²) >= 11 is 3.35. The fraction of sp³-hybridized carbons (Fsp3) is 0.200. The molecule has 0 N–H and O–H groups in total. The maximum absolute atomic E-state index is 12.3. The molecule has 0 aliphatic heterocycles. The summed E-state index contributed by atoms with van der Waals surface area (Å²) in [6.07, 6.45) is 0.704. The molecule has 0 atom stereocenters. The highest BCUT2D eigenvalue weighted by molar-refractivity contribution is 9.10. The fourth-order valence-electron chi connectivity index (χ4n) is 2.66. The highest BCUT2D eigenvalue weighted by Gasteiger charge is 2.12. The quantitative estimate of drug-likeness (QED) is 0.460. The molecule has 1 aromatic heterocycles. The van der Waals surface area contributed by atoms with Crippen LogP contribution in [0.5, 0.6) is 5.75 Å². The lowest BCUT2D eigenvalue weighted by Crippen LogP contribution is -2.12. The third-order valence-electron chi connectivity index (χ3n) is 4.04. The molecular weight excluding hydrogens is 384 g/mol. The van der Waals surface area contributed by atoms with Gasteiger partial charge in [0.15, 0.2) is 12.4 Å². The van der Waals surface area contributed by atoms with E-state index in [2.05, 4.69) is 15.9 Å². The van der Waals surface area contributed by atoms with E-state index in [4.69, 9.17) is 9.15 Å². The number of rotatable bonds is 5. The molecule has 0 aliphatic rings.